The van der Waals surface area contributed by atoms with Gasteiger partial charge in [-0.15, -0.1) is 0 Å². The van der Waals surface area contributed by atoms with Crippen molar-refractivity contribution in [1.82, 2.24) is 10.3 Å². The van der Waals surface area contributed by atoms with Gasteiger partial charge in [0, 0.05) is 19.0 Å². The molecule has 0 bridgehead atoms. The van der Waals surface area contributed by atoms with Crippen molar-refractivity contribution in [2.45, 2.75) is 25.9 Å². The number of aromatic amines is 1. The molecule has 0 aliphatic heterocycles. The lowest BCUT2D eigenvalue weighted by atomic mass is 10.1. The number of nitrogens with one attached hydrogen (secondary N) is 2. The molecule has 1 fully saturated rings. The van der Waals surface area contributed by atoms with Crippen LogP contribution in [0, 0.1) is 5.92 Å². The van der Waals surface area contributed by atoms with Crippen molar-refractivity contribution in [2.24, 2.45) is 5.92 Å². The third-order valence-corrected chi connectivity index (χ3v) is 4.16. The molecule has 1 amide bonds. The number of hydrogen-bond acceptors (Lipinski definition) is 4. The monoisotopic (exact) mass is 342 g/mol. The van der Waals surface area contributed by atoms with Gasteiger partial charge in [0.1, 0.15) is 17.5 Å². The van der Waals surface area contributed by atoms with Gasteiger partial charge in [0.05, 0.1) is 6.61 Å². The van der Waals surface area contributed by atoms with Crippen LogP contribution in [-0.2, 0) is 4.74 Å². The van der Waals surface area contributed by atoms with E-state index in [1.807, 2.05) is 30.3 Å². The van der Waals surface area contributed by atoms with E-state index in [1.165, 1.54) is 7.05 Å². The van der Waals surface area contributed by atoms with Crippen LogP contribution in [0.15, 0.2) is 36.4 Å². The summed E-state index contributed by atoms with van der Waals surface area (Å²) in [4.78, 5) is 27.0. The Labute approximate surface area is 146 Å². The molecule has 0 spiro atoms. The van der Waals surface area contributed by atoms with Crippen LogP contribution in [-0.4, -0.2) is 30.5 Å². The van der Waals surface area contributed by atoms with Crippen LogP contribution in [0.25, 0.3) is 0 Å². The normalized spacial score (nSPS) is 14.6. The van der Waals surface area contributed by atoms with Crippen molar-refractivity contribution >= 4 is 11.9 Å². The molecule has 25 heavy (non-hydrogen) atoms. The van der Waals surface area contributed by atoms with Crippen LogP contribution in [0.3, 0.4) is 0 Å². The fraction of sp³-hybridized carbons (Fsp3) is 0.368. The molecule has 3 rings (SSSR count). The Balaban J connectivity index is 1.91. The Bertz CT molecular complexity index is 750. The molecule has 1 atom stereocenters. The van der Waals surface area contributed by atoms with E-state index >= 15 is 0 Å². The lowest BCUT2D eigenvalue weighted by Gasteiger charge is -2.19. The van der Waals surface area contributed by atoms with E-state index in [1.54, 1.807) is 13.0 Å². The molecule has 1 aliphatic carbocycles. The summed E-state index contributed by atoms with van der Waals surface area (Å²) in [5.74, 6) is -0.0672. The minimum absolute atomic E-state index is 0.143. The first-order chi connectivity index (χ1) is 12.1. The zero-order valence-electron chi connectivity index (χ0n) is 14.4. The molecule has 132 valence electrons. The van der Waals surface area contributed by atoms with E-state index in [9.17, 15) is 9.59 Å². The first-order valence-corrected chi connectivity index (χ1v) is 8.47. The summed E-state index contributed by atoms with van der Waals surface area (Å²) in [5, 5.41) is 2.56. The van der Waals surface area contributed by atoms with Crippen molar-refractivity contribution < 1.29 is 19.1 Å². The maximum absolute atomic E-state index is 12.2. The lowest BCUT2D eigenvalue weighted by molar-refractivity contribution is 0.0520. The fourth-order valence-corrected chi connectivity index (χ4v) is 2.76. The Morgan fingerprint density at radius 1 is 1.28 bits per heavy atom. The highest BCUT2D eigenvalue weighted by Crippen LogP contribution is 2.44. The largest absolute Gasteiger partial charge is 0.483 e. The van der Waals surface area contributed by atoms with Crippen LogP contribution in [0.5, 0.6) is 5.75 Å². The number of carbonyl (C=O) groups is 2. The zero-order valence-corrected chi connectivity index (χ0v) is 14.4. The molecule has 6 nitrogen and oxygen atoms in total. The molecule has 1 aromatic heterocycles. The summed E-state index contributed by atoms with van der Waals surface area (Å²) in [6, 6.07) is 11.5. The van der Waals surface area contributed by atoms with E-state index in [0.717, 1.165) is 18.4 Å². The second-order valence-corrected chi connectivity index (χ2v) is 6.01. The van der Waals surface area contributed by atoms with Crippen LogP contribution in [0.1, 0.15) is 52.4 Å². The number of esters is 1. The first-order valence-electron chi connectivity index (χ1n) is 8.47. The van der Waals surface area contributed by atoms with Gasteiger partial charge >= 0.3 is 5.97 Å². The number of H-pyrrole nitrogens is 1. The number of rotatable bonds is 7. The highest BCUT2D eigenvalue weighted by molar-refractivity contribution is 5.98. The Hall–Kier alpha value is -2.76. The van der Waals surface area contributed by atoms with Crippen LogP contribution < -0.4 is 10.1 Å². The lowest BCUT2D eigenvalue weighted by Crippen LogP contribution is -2.20. The number of carbonyl (C=O) groups excluding carboxylic acids is 2. The topological polar surface area (TPSA) is 80.4 Å². The fourth-order valence-electron chi connectivity index (χ4n) is 2.76. The van der Waals surface area contributed by atoms with E-state index in [4.69, 9.17) is 9.47 Å². The maximum Gasteiger partial charge on any atom is 0.354 e. The second kappa shape index (κ2) is 7.42. The van der Waals surface area contributed by atoms with Crippen molar-refractivity contribution in [2.75, 3.05) is 13.7 Å². The molecule has 2 N–H and O–H groups in total. The van der Waals surface area contributed by atoms with Gasteiger partial charge in [0.15, 0.2) is 5.75 Å². The van der Waals surface area contributed by atoms with E-state index in [-0.39, 0.29) is 30.0 Å². The summed E-state index contributed by atoms with van der Waals surface area (Å²) in [5.41, 5.74) is 1.50. The van der Waals surface area contributed by atoms with Crippen LogP contribution in [0.2, 0.25) is 0 Å². The molecule has 0 saturated heterocycles. The molecular weight excluding hydrogens is 320 g/mol. The minimum Gasteiger partial charge on any atom is -0.483 e. The first kappa shape index (κ1) is 17.1. The smallest absolute Gasteiger partial charge is 0.354 e. The highest BCUT2D eigenvalue weighted by Gasteiger charge is 2.35. The Morgan fingerprint density at radius 2 is 2.00 bits per heavy atom. The quantitative estimate of drug-likeness (QED) is 0.758. The number of benzene rings is 1. The number of ether oxygens (including phenoxy) is 2. The van der Waals surface area contributed by atoms with Crippen molar-refractivity contribution in [3.05, 3.63) is 53.3 Å². The van der Waals surface area contributed by atoms with Crippen molar-refractivity contribution in [3.63, 3.8) is 0 Å². The summed E-state index contributed by atoms with van der Waals surface area (Å²) in [6.45, 7) is 1.99. The Kier molecular flexibility index (Phi) is 5.07. The van der Waals surface area contributed by atoms with Gasteiger partial charge in [-0.25, -0.2) is 4.79 Å². The van der Waals surface area contributed by atoms with E-state index in [2.05, 4.69) is 10.3 Å². The molecule has 1 unspecified atom stereocenters. The summed E-state index contributed by atoms with van der Waals surface area (Å²) in [6.07, 6.45) is 2.03. The highest BCUT2D eigenvalue weighted by atomic mass is 16.5. The maximum atomic E-state index is 12.2. The van der Waals surface area contributed by atoms with Gasteiger partial charge in [0.25, 0.3) is 5.91 Å². The third-order valence-electron chi connectivity index (χ3n) is 4.16. The van der Waals surface area contributed by atoms with Gasteiger partial charge in [-0.3, -0.25) is 4.79 Å². The second-order valence-electron chi connectivity index (χ2n) is 6.01. The molecule has 2 aromatic rings. The summed E-state index contributed by atoms with van der Waals surface area (Å²) < 4.78 is 11.2. The predicted octanol–water partition coefficient (Wildman–Crippen LogP) is 3.08. The number of hydrogen-bond donors (Lipinski definition) is 2. The third kappa shape index (κ3) is 3.84. The number of amides is 1. The zero-order chi connectivity index (χ0) is 17.8. The molecule has 0 radical (unpaired) electrons. The van der Waals surface area contributed by atoms with Crippen LogP contribution >= 0.6 is 0 Å². The van der Waals surface area contributed by atoms with Crippen molar-refractivity contribution in [1.29, 1.82) is 0 Å². The molecule has 1 aliphatic rings. The van der Waals surface area contributed by atoms with Crippen molar-refractivity contribution in [3.8, 4) is 5.75 Å². The predicted molar refractivity (Wildman–Crippen MR) is 92.7 cm³/mol. The Morgan fingerprint density at radius 3 is 2.60 bits per heavy atom. The van der Waals surface area contributed by atoms with Gasteiger partial charge in [-0.1, -0.05) is 30.3 Å². The standard InChI is InChI=1S/C19H22N2O4/c1-3-24-19(23)14-11-15(16(21-14)18(22)20-2)25-17(13-9-10-13)12-7-5-4-6-8-12/h4-8,11,13,17,21H,3,9-10H2,1-2H3,(H,20,22). The van der Waals surface area contributed by atoms with Gasteiger partial charge < -0.3 is 19.8 Å². The molecule has 1 aromatic carbocycles. The molecule has 1 heterocycles. The number of aromatic nitrogens is 1. The average molecular weight is 342 g/mol. The van der Waals surface area contributed by atoms with E-state index < -0.39 is 5.97 Å². The minimum atomic E-state index is -0.509. The van der Waals surface area contributed by atoms with Gasteiger partial charge in [-0.2, -0.15) is 0 Å². The molecule has 6 heteroatoms. The average Bonchev–Trinajstić information content (AvgIpc) is 3.39. The van der Waals surface area contributed by atoms with E-state index in [0.29, 0.717) is 11.7 Å². The summed E-state index contributed by atoms with van der Waals surface area (Å²) >= 11 is 0. The van der Waals surface area contributed by atoms with Gasteiger partial charge in [-0.05, 0) is 25.3 Å². The SMILES string of the molecule is CCOC(=O)c1cc(OC(c2ccccc2)C2CC2)c(C(=O)NC)[nH]1. The molecular formula is C19H22N2O4. The van der Waals surface area contributed by atoms with Gasteiger partial charge in [0.2, 0.25) is 0 Å². The van der Waals surface area contributed by atoms with Crippen LogP contribution in [0.4, 0.5) is 0 Å². The summed E-state index contributed by atoms with van der Waals surface area (Å²) in [7, 11) is 1.53. The molecule has 1 saturated carbocycles.